The largest absolute Gasteiger partial charge is 0.384 e. The molecule has 0 aliphatic carbocycles. The van der Waals surface area contributed by atoms with Gasteiger partial charge in [0, 0.05) is 5.56 Å². The molecule has 5 heteroatoms. The smallest absolute Gasteiger partial charge is 0.130 e. The Morgan fingerprint density at radius 1 is 1.11 bits per heavy atom. The first-order valence-corrected chi connectivity index (χ1v) is 6.46. The van der Waals surface area contributed by atoms with Gasteiger partial charge in [0.2, 0.25) is 0 Å². The van der Waals surface area contributed by atoms with Crippen molar-refractivity contribution in [3.8, 4) is 0 Å². The summed E-state index contributed by atoms with van der Waals surface area (Å²) in [5.41, 5.74) is 13.3. The maximum absolute atomic E-state index is 13.0. The Labute approximate surface area is 119 Å². The number of rotatable bonds is 2. The molecule has 1 atom stereocenters. The Balaban J connectivity index is 2.50. The second-order valence-electron chi connectivity index (χ2n) is 4.18. The number of pyridine rings is 1. The SMILES string of the molecule is CC(I)(c1ccc(F)cc1)c1ccc(N)nc1N. The third-order valence-corrected chi connectivity index (χ3v) is 4.04. The second-order valence-corrected chi connectivity index (χ2v) is 6.34. The van der Waals surface area contributed by atoms with E-state index in [1.807, 2.05) is 13.0 Å². The predicted molar refractivity (Wildman–Crippen MR) is 79.9 cm³/mol. The zero-order chi connectivity index (χ0) is 13.3. The molecule has 0 aliphatic rings. The first-order chi connectivity index (χ1) is 8.41. The fourth-order valence-electron chi connectivity index (χ4n) is 1.81. The molecule has 4 N–H and O–H groups in total. The molecule has 1 aromatic heterocycles. The summed E-state index contributed by atoms with van der Waals surface area (Å²) >= 11 is 2.27. The molecule has 0 saturated heterocycles. The number of nitrogen functional groups attached to an aromatic ring is 2. The van der Waals surface area contributed by atoms with Crippen LogP contribution >= 0.6 is 22.6 Å². The highest BCUT2D eigenvalue weighted by Crippen LogP contribution is 2.40. The van der Waals surface area contributed by atoms with Crippen molar-refractivity contribution in [3.05, 3.63) is 53.3 Å². The van der Waals surface area contributed by atoms with E-state index in [1.54, 1.807) is 18.2 Å². The van der Waals surface area contributed by atoms with Crippen molar-refractivity contribution in [2.45, 2.75) is 10.3 Å². The minimum absolute atomic E-state index is 0.255. The van der Waals surface area contributed by atoms with E-state index >= 15 is 0 Å². The molecule has 1 aromatic carbocycles. The van der Waals surface area contributed by atoms with Crippen LogP contribution in [0.2, 0.25) is 0 Å². The van der Waals surface area contributed by atoms with Gasteiger partial charge in [0.25, 0.3) is 0 Å². The number of hydrogen-bond acceptors (Lipinski definition) is 3. The molecule has 1 heterocycles. The van der Waals surface area contributed by atoms with Gasteiger partial charge in [-0.05, 0) is 30.7 Å². The number of aromatic nitrogens is 1. The molecule has 0 saturated carbocycles. The standard InChI is InChI=1S/C13H13FIN3/c1-13(15,8-2-4-9(14)5-3-8)10-6-7-11(16)18-12(10)17/h2-7H,1H3,(H4,16,17,18). The quantitative estimate of drug-likeness (QED) is 0.641. The number of alkyl halides is 1. The fourth-order valence-corrected chi connectivity index (χ4v) is 2.62. The molecule has 3 nitrogen and oxygen atoms in total. The lowest BCUT2D eigenvalue weighted by Crippen LogP contribution is -2.18. The molecule has 2 aromatic rings. The molecular formula is C13H13FIN3. The van der Waals surface area contributed by atoms with Gasteiger partial charge >= 0.3 is 0 Å². The molecule has 0 fully saturated rings. The average Bonchev–Trinajstić information content (AvgIpc) is 2.29. The average molecular weight is 357 g/mol. The molecule has 0 amide bonds. The number of nitrogens with two attached hydrogens (primary N) is 2. The molecule has 0 radical (unpaired) electrons. The molecule has 0 bridgehead atoms. The maximum atomic E-state index is 13.0. The van der Waals surface area contributed by atoms with E-state index in [0.29, 0.717) is 11.6 Å². The van der Waals surface area contributed by atoms with Crippen LogP contribution in [0.4, 0.5) is 16.0 Å². The van der Waals surface area contributed by atoms with Gasteiger partial charge in [-0.3, -0.25) is 0 Å². The molecule has 18 heavy (non-hydrogen) atoms. The van der Waals surface area contributed by atoms with Gasteiger partial charge in [0.1, 0.15) is 17.5 Å². The van der Waals surface area contributed by atoms with Crippen LogP contribution in [0.3, 0.4) is 0 Å². The van der Waals surface area contributed by atoms with E-state index in [2.05, 4.69) is 27.6 Å². The first-order valence-electron chi connectivity index (χ1n) is 5.38. The van der Waals surface area contributed by atoms with Crippen LogP contribution in [0.5, 0.6) is 0 Å². The van der Waals surface area contributed by atoms with Gasteiger partial charge < -0.3 is 11.5 Å². The maximum Gasteiger partial charge on any atom is 0.130 e. The third-order valence-electron chi connectivity index (χ3n) is 2.84. The first kappa shape index (κ1) is 13.1. The van der Waals surface area contributed by atoms with E-state index in [4.69, 9.17) is 11.5 Å². The number of nitrogens with zero attached hydrogens (tertiary/aromatic N) is 1. The van der Waals surface area contributed by atoms with Gasteiger partial charge in [-0.2, -0.15) is 0 Å². The summed E-state index contributed by atoms with van der Waals surface area (Å²) in [5.74, 6) is 0.535. The summed E-state index contributed by atoms with van der Waals surface area (Å²) in [5, 5.41) is 0. The molecule has 2 rings (SSSR count). The van der Waals surface area contributed by atoms with Crippen molar-refractivity contribution in [2.24, 2.45) is 0 Å². The minimum atomic E-state index is -0.379. The van der Waals surface area contributed by atoms with Crippen LogP contribution in [-0.4, -0.2) is 4.98 Å². The molecule has 94 valence electrons. The van der Waals surface area contributed by atoms with E-state index < -0.39 is 0 Å². The number of hydrogen-bond donors (Lipinski definition) is 2. The lowest BCUT2D eigenvalue weighted by Gasteiger charge is -2.25. The van der Waals surface area contributed by atoms with Crippen molar-refractivity contribution in [1.29, 1.82) is 0 Å². The zero-order valence-corrected chi connectivity index (χ0v) is 12.0. The van der Waals surface area contributed by atoms with Crippen molar-refractivity contribution in [2.75, 3.05) is 11.5 Å². The van der Waals surface area contributed by atoms with Crippen molar-refractivity contribution in [1.82, 2.24) is 4.98 Å². The number of halogens is 2. The highest BCUT2D eigenvalue weighted by atomic mass is 127. The van der Waals surface area contributed by atoms with Crippen LogP contribution < -0.4 is 11.5 Å². The van der Waals surface area contributed by atoms with Crippen LogP contribution in [-0.2, 0) is 3.42 Å². The Kier molecular flexibility index (Phi) is 3.43. The van der Waals surface area contributed by atoms with Gasteiger partial charge in [0.15, 0.2) is 0 Å². The summed E-state index contributed by atoms with van der Waals surface area (Å²) in [6, 6.07) is 9.94. The number of anilines is 2. The molecule has 1 unspecified atom stereocenters. The summed E-state index contributed by atoms with van der Waals surface area (Å²) in [6.45, 7) is 2.00. The highest BCUT2D eigenvalue weighted by molar-refractivity contribution is 14.1. The van der Waals surface area contributed by atoms with Crippen molar-refractivity contribution in [3.63, 3.8) is 0 Å². The predicted octanol–water partition coefficient (Wildman–Crippen LogP) is 3.08. The lowest BCUT2D eigenvalue weighted by atomic mass is 9.93. The van der Waals surface area contributed by atoms with Gasteiger partial charge in [-0.15, -0.1) is 0 Å². The highest BCUT2D eigenvalue weighted by Gasteiger charge is 2.28. The van der Waals surface area contributed by atoms with E-state index in [0.717, 1.165) is 11.1 Å². The van der Waals surface area contributed by atoms with Gasteiger partial charge in [-0.25, -0.2) is 9.37 Å². The Hall–Kier alpha value is -1.37. The van der Waals surface area contributed by atoms with Crippen LogP contribution in [0.15, 0.2) is 36.4 Å². The number of benzene rings is 1. The van der Waals surface area contributed by atoms with Crippen molar-refractivity contribution < 1.29 is 4.39 Å². The lowest BCUT2D eigenvalue weighted by molar-refractivity contribution is 0.626. The van der Waals surface area contributed by atoms with Crippen LogP contribution in [0.1, 0.15) is 18.1 Å². The summed E-state index contributed by atoms with van der Waals surface area (Å²) in [6.07, 6.45) is 0. The van der Waals surface area contributed by atoms with E-state index in [9.17, 15) is 4.39 Å². The van der Waals surface area contributed by atoms with E-state index in [-0.39, 0.29) is 9.24 Å². The normalized spacial score (nSPS) is 14.2. The van der Waals surface area contributed by atoms with Crippen LogP contribution in [0, 0.1) is 5.82 Å². The van der Waals surface area contributed by atoms with E-state index in [1.165, 1.54) is 12.1 Å². The Bertz CT molecular complexity index is 567. The topological polar surface area (TPSA) is 64.9 Å². The Morgan fingerprint density at radius 2 is 1.72 bits per heavy atom. The van der Waals surface area contributed by atoms with Crippen LogP contribution in [0.25, 0.3) is 0 Å². The summed E-state index contributed by atoms with van der Waals surface area (Å²) in [4.78, 5) is 4.06. The Morgan fingerprint density at radius 3 is 2.28 bits per heavy atom. The molecule has 0 spiro atoms. The second kappa shape index (κ2) is 4.72. The monoisotopic (exact) mass is 357 g/mol. The van der Waals surface area contributed by atoms with Gasteiger partial charge in [0.05, 0.1) is 3.42 Å². The summed E-state index contributed by atoms with van der Waals surface area (Å²) in [7, 11) is 0. The zero-order valence-electron chi connectivity index (χ0n) is 9.82. The minimum Gasteiger partial charge on any atom is -0.384 e. The molecular weight excluding hydrogens is 344 g/mol. The third kappa shape index (κ3) is 2.40. The molecule has 0 aliphatic heterocycles. The van der Waals surface area contributed by atoms with Gasteiger partial charge in [-0.1, -0.05) is 40.8 Å². The fraction of sp³-hybridized carbons (Fsp3) is 0.154. The summed E-state index contributed by atoms with van der Waals surface area (Å²) < 4.78 is 12.6. The van der Waals surface area contributed by atoms with Crippen molar-refractivity contribution >= 4 is 34.2 Å².